The van der Waals surface area contributed by atoms with Gasteiger partial charge in [-0.1, -0.05) is 24.3 Å². The molecule has 0 aromatic heterocycles. The zero-order chi connectivity index (χ0) is 14.7. The lowest BCUT2D eigenvalue weighted by Gasteiger charge is -2.35. The fraction of sp³-hybridized carbons (Fsp3) is 0.429. The maximum atomic E-state index is 12.3. The molecule has 6 nitrogen and oxygen atoms in total. The zero-order valence-corrected chi connectivity index (χ0v) is 11.3. The number of rotatable bonds is 4. The van der Waals surface area contributed by atoms with E-state index in [9.17, 15) is 14.7 Å². The Morgan fingerprint density at radius 1 is 1.45 bits per heavy atom. The third-order valence-corrected chi connectivity index (χ3v) is 3.48. The molecule has 0 saturated carbocycles. The molecule has 1 heterocycles. The number of hydrogen-bond acceptors (Lipinski definition) is 4. The molecule has 1 aromatic rings. The van der Waals surface area contributed by atoms with E-state index in [4.69, 9.17) is 10.5 Å². The Bertz CT molecular complexity index is 518. The highest BCUT2D eigenvalue weighted by Crippen LogP contribution is 2.24. The van der Waals surface area contributed by atoms with Gasteiger partial charge in [0.2, 0.25) is 5.91 Å². The van der Waals surface area contributed by atoms with E-state index < -0.39 is 24.0 Å². The quantitative estimate of drug-likeness (QED) is 0.808. The van der Waals surface area contributed by atoms with E-state index in [-0.39, 0.29) is 13.2 Å². The smallest absolute Gasteiger partial charge is 0.326 e. The highest BCUT2D eigenvalue weighted by Gasteiger charge is 2.36. The summed E-state index contributed by atoms with van der Waals surface area (Å²) >= 11 is 0. The van der Waals surface area contributed by atoms with E-state index in [1.54, 1.807) is 0 Å². The molecule has 3 N–H and O–H groups in total. The molecule has 0 saturated heterocycles. The van der Waals surface area contributed by atoms with Crippen LogP contribution >= 0.6 is 0 Å². The molecule has 0 fully saturated rings. The zero-order valence-electron chi connectivity index (χ0n) is 11.3. The second-order valence-corrected chi connectivity index (χ2v) is 4.85. The molecule has 2 unspecified atom stereocenters. The number of nitrogens with two attached hydrogens (primary N) is 1. The Labute approximate surface area is 117 Å². The fourth-order valence-corrected chi connectivity index (χ4v) is 2.44. The van der Waals surface area contributed by atoms with Crippen molar-refractivity contribution < 1.29 is 19.4 Å². The molecule has 6 heteroatoms. The highest BCUT2D eigenvalue weighted by atomic mass is 16.5. The first-order chi connectivity index (χ1) is 9.54. The fourth-order valence-electron chi connectivity index (χ4n) is 2.44. The summed E-state index contributed by atoms with van der Waals surface area (Å²) in [5.74, 6) is -1.41. The van der Waals surface area contributed by atoms with Crippen molar-refractivity contribution in [3.63, 3.8) is 0 Å². The molecular formula is C14H18N2O4. The second-order valence-electron chi connectivity index (χ2n) is 4.85. The predicted octanol–water partition coefficient (Wildman–Crippen LogP) is -0.00180. The van der Waals surface area contributed by atoms with Gasteiger partial charge in [0.1, 0.15) is 12.1 Å². The van der Waals surface area contributed by atoms with Gasteiger partial charge in [-0.3, -0.25) is 4.79 Å². The lowest BCUT2D eigenvalue weighted by Crippen LogP contribution is -2.54. The van der Waals surface area contributed by atoms with E-state index in [0.717, 1.165) is 11.1 Å². The van der Waals surface area contributed by atoms with Crippen LogP contribution in [0.25, 0.3) is 0 Å². The van der Waals surface area contributed by atoms with Crippen LogP contribution in [0.4, 0.5) is 0 Å². The van der Waals surface area contributed by atoms with Gasteiger partial charge in [-0.25, -0.2) is 4.79 Å². The van der Waals surface area contributed by atoms with Gasteiger partial charge in [0, 0.05) is 20.1 Å². The molecule has 0 spiro atoms. The van der Waals surface area contributed by atoms with Crippen LogP contribution in [0, 0.1) is 0 Å². The normalized spacial score (nSPS) is 19.3. The van der Waals surface area contributed by atoms with Gasteiger partial charge in [0.25, 0.3) is 0 Å². The summed E-state index contributed by atoms with van der Waals surface area (Å²) in [6, 6.07) is 5.81. The molecule has 0 bridgehead atoms. The number of methoxy groups -OCH3 is 1. The van der Waals surface area contributed by atoms with Crippen molar-refractivity contribution in [1.29, 1.82) is 0 Å². The van der Waals surface area contributed by atoms with Crippen LogP contribution in [0.1, 0.15) is 11.1 Å². The average molecular weight is 278 g/mol. The first kappa shape index (κ1) is 14.5. The van der Waals surface area contributed by atoms with Crippen LogP contribution in [0.3, 0.4) is 0 Å². The van der Waals surface area contributed by atoms with Gasteiger partial charge in [0.05, 0.1) is 6.61 Å². The van der Waals surface area contributed by atoms with Crippen molar-refractivity contribution in [1.82, 2.24) is 4.90 Å². The van der Waals surface area contributed by atoms with Crippen LogP contribution in [-0.4, -0.2) is 47.7 Å². The van der Waals surface area contributed by atoms with Crippen LogP contribution in [0.5, 0.6) is 0 Å². The van der Waals surface area contributed by atoms with Crippen LogP contribution in [0.15, 0.2) is 24.3 Å². The van der Waals surface area contributed by atoms with Crippen molar-refractivity contribution in [3.05, 3.63) is 35.4 Å². The van der Waals surface area contributed by atoms with Crippen LogP contribution in [-0.2, 0) is 27.3 Å². The number of aliphatic carboxylic acids is 1. The minimum atomic E-state index is -1.02. The molecule has 1 amide bonds. The molecule has 1 aromatic carbocycles. The monoisotopic (exact) mass is 278 g/mol. The van der Waals surface area contributed by atoms with Crippen LogP contribution < -0.4 is 5.73 Å². The Morgan fingerprint density at radius 3 is 2.70 bits per heavy atom. The number of benzene rings is 1. The first-order valence-electron chi connectivity index (χ1n) is 6.39. The van der Waals surface area contributed by atoms with Gasteiger partial charge in [-0.05, 0) is 11.1 Å². The number of carbonyl (C=O) groups excluding carboxylic acids is 1. The Morgan fingerprint density at radius 2 is 2.10 bits per heavy atom. The summed E-state index contributed by atoms with van der Waals surface area (Å²) < 4.78 is 4.86. The average Bonchev–Trinajstić information content (AvgIpc) is 2.45. The molecule has 20 heavy (non-hydrogen) atoms. The third kappa shape index (κ3) is 2.81. The maximum absolute atomic E-state index is 12.3. The predicted molar refractivity (Wildman–Crippen MR) is 72.0 cm³/mol. The van der Waals surface area contributed by atoms with Gasteiger partial charge >= 0.3 is 5.97 Å². The number of fused-ring (bicyclic) bond motifs is 1. The summed E-state index contributed by atoms with van der Waals surface area (Å²) in [6.45, 7) is 0.340. The van der Waals surface area contributed by atoms with E-state index in [0.29, 0.717) is 6.42 Å². The summed E-state index contributed by atoms with van der Waals surface area (Å²) in [5, 5.41) is 9.33. The Balaban J connectivity index is 2.26. The second kappa shape index (κ2) is 6.02. The number of carboxylic acid groups (broad SMARTS) is 1. The van der Waals surface area contributed by atoms with Crippen LogP contribution in [0.2, 0.25) is 0 Å². The number of hydrogen-bond donors (Lipinski definition) is 2. The number of ether oxygens (including phenoxy) is 1. The third-order valence-electron chi connectivity index (χ3n) is 3.48. The molecular weight excluding hydrogens is 260 g/mol. The highest BCUT2D eigenvalue weighted by molar-refractivity contribution is 5.87. The summed E-state index contributed by atoms with van der Waals surface area (Å²) in [5.41, 5.74) is 7.66. The SMILES string of the molecule is COCC(N)C(=O)N1Cc2ccccc2CC1C(=O)O. The Hall–Kier alpha value is -1.92. The van der Waals surface area contributed by atoms with Gasteiger partial charge in [0.15, 0.2) is 0 Å². The molecule has 0 aliphatic carbocycles. The van der Waals surface area contributed by atoms with E-state index in [1.165, 1.54) is 12.0 Å². The first-order valence-corrected chi connectivity index (χ1v) is 6.39. The van der Waals surface area contributed by atoms with E-state index >= 15 is 0 Å². The molecule has 1 aliphatic heterocycles. The topological polar surface area (TPSA) is 92.9 Å². The van der Waals surface area contributed by atoms with Crippen molar-refractivity contribution in [2.24, 2.45) is 5.73 Å². The lowest BCUT2D eigenvalue weighted by atomic mass is 9.93. The molecule has 2 rings (SSSR count). The summed E-state index contributed by atoms with van der Waals surface area (Å²) in [7, 11) is 1.45. The van der Waals surface area contributed by atoms with Crippen molar-refractivity contribution in [2.45, 2.75) is 25.0 Å². The van der Waals surface area contributed by atoms with Gasteiger partial charge in [-0.15, -0.1) is 0 Å². The lowest BCUT2D eigenvalue weighted by molar-refractivity contribution is -0.152. The molecule has 2 atom stereocenters. The molecule has 1 aliphatic rings. The van der Waals surface area contributed by atoms with E-state index in [2.05, 4.69) is 0 Å². The van der Waals surface area contributed by atoms with Gasteiger partial charge < -0.3 is 20.5 Å². The maximum Gasteiger partial charge on any atom is 0.326 e. The van der Waals surface area contributed by atoms with Gasteiger partial charge in [-0.2, -0.15) is 0 Å². The Kier molecular flexibility index (Phi) is 4.36. The standard InChI is InChI=1S/C14H18N2O4/c1-20-8-11(15)13(17)16-7-10-5-3-2-4-9(10)6-12(16)14(18)19/h2-5,11-12H,6-8,15H2,1H3,(H,18,19). The van der Waals surface area contributed by atoms with Crippen molar-refractivity contribution >= 4 is 11.9 Å². The minimum Gasteiger partial charge on any atom is -0.480 e. The minimum absolute atomic E-state index is 0.0727. The largest absolute Gasteiger partial charge is 0.480 e. The molecule has 0 radical (unpaired) electrons. The number of nitrogens with zero attached hydrogens (tertiary/aromatic N) is 1. The number of carbonyl (C=O) groups is 2. The number of carboxylic acids is 1. The number of amides is 1. The van der Waals surface area contributed by atoms with E-state index in [1.807, 2.05) is 24.3 Å². The van der Waals surface area contributed by atoms with Crippen molar-refractivity contribution in [2.75, 3.05) is 13.7 Å². The van der Waals surface area contributed by atoms with Crippen molar-refractivity contribution in [3.8, 4) is 0 Å². The summed E-state index contributed by atoms with van der Waals surface area (Å²) in [6.07, 6.45) is 0.303. The molecule has 108 valence electrons. The summed E-state index contributed by atoms with van der Waals surface area (Å²) in [4.78, 5) is 25.0.